The predicted molar refractivity (Wildman–Crippen MR) is 110 cm³/mol. The van der Waals surface area contributed by atoms with Crippen LogP contribution in [0.5, 0.6) is 11.5 Å². The van der Waals surface area contributed by atoms with Crippen molar-refractivity contribution in [2.45, 2.75) is 46.1 Å². The van der Waals surface area contributed by atoms with Crippen molar-refractivity contribution >= 4 is 10.8 Å². The minimum atomic E-state index is -3.05. The molecule has 0 aliphatic rings. The third kappa shape index (κ3) is 5.03. The first-order chi connectivity index (χ1) is 14.0. The summed E-state index contributed by atoms with van der Waals surface area (Å²) < 4.78 is 51.5. The predicted octanol–water partition coefficient (Wildman–Crippen LogP) is 7.38. The second kappa shape index (κ2) is 9.68. The van der Waals surface area contributed by atoms with Crippen LogP contribution in [0.2, 0.25) is 0 Å². The van der Waals surface area contributed by atoms with E-state index in [2.05, 4.69) is 11.7 Å². The van der Waals surface area contributed by atoms with E-state index in [4.69, 9.17) is 4.74 Å². The maximum Gasteiger partial charge on any atom is 0.387 e. The molecule has 0 aromatic heterocycles. The van der Waals surface area contributed by atoms with Crippen LogP contribution >= 0.6 is 0 Å². The van der Waals surface area contributed by atoms with E-state index in [9.17, 15) is 8.78 Å². The van der Waals surface area contributed by atoms with E-state index in [0.717, 1.165) is 31.2 Å². The third-order valence-corrected chi connectivity index (χ3v) is 4.85. The molecule has 0 fully saturated rings. The van der Waals surface area contributed by atoms with Crippen molar-refractivity contribution in [3.8, 4) is 22.6 Å². The molecule has 0 aliphatic carbocycles. The van der Waals surface area contributed by atoms with Gasteiger partial charge in [0.25, 0.3) is 0 Å². The first-order valence-corrected chi connectivity index (χ1v) is 9.96. The molecule has 2 nitrogen and oxygen atoms in total. The number of hydrogen-bond acceptors (Lipinski definition) is 2. The highest BCUT2D eigenvalue weighted by atomic mass is 19.3. The average Bonchev–Trinajstić information content (AvgIpc) is 2.69. The molecule has 154 valence electrons. The van der Waals surface area contributed by atoms with E-state index in [1.807, 2.05) is 19.1 Å². The normalized spacial score (nSPS) is 11.2. The fourth-order valence-corrected chi connectivity index (χ4v) is 3.45. The molecule has 0 unspecified atom stereocenters. The number of alkyl halides is 2. The van der Waals surface area contributed by atoms with Crippen molar-refractivity contribution in [1.29, 1.82) is 0 Å². The molecule has 3 rings (SSSR count). The molecule has 3 aromatic carbocycles. The molecule has 0 heterocycles. The quantitative estimate of drug-likeness (QED) is 0.348. The van der Waals surface area contributed by atoms with Gasteiger partial charge in [-0.05, 0) is 60.5 Å². The SMILES string of the molecule is CCCCCc1ccc(-c2c(OC(F)F)cc3cc(OCC)ccc3c2F)cc1. The zero-order chi connectivity index (χ0) is 20.8. The minimum Gasteiger partial charge on any atom is -0.494 e. The highest BCUT2D eigenvalue weighted by Crippen LogP contribution is 2.39. The Labute approximate surface area is 169 Å². The molecule has 0 bridgehead atoms. The van der Waals surface area contributed by atoms with Crippen molar-refractivity contribution < 1.29 is 22.6 Å². The van der Waals surface area contributed by atoms with Crippen LogP contribution < -0.4 is 9.47 Å². The number of hydrogen-bond donors (Lipinski definition) is 0. The monoisotopic (exact) mass is 402 g/mol. The molecule has 0 atom stereocenters. The Kier molecular flexibility index (Phi) is 7.02. The number of fused-ring (bicyclic) bond motifs is 1. The average molecular weight is 402 g/mol. The van der Waals surface area contributed by atoms with E-state index < -0.39 is 12.4 Å². The lowest BCUT2D eigenvalue weighted by atomic mass is 9.97. The molecule has 0 saturated heterocycles. The molecule has 5 heteroatoms. The molecular formula is C24H25F3O2. The largest absolute Gasteiger partial charge is 0.494 e. The summed E-state index contributed by atoms with van der Waals surface area (Å²) in [6, 6.07) is 13.7. The molecule has 29 heavy (non-hydrogen) atoms. The van der Waals surface area contributed by atoms with E-state index in [0.29, 0.717) is 28.7 Å². The molecule has 0 amide bonds. The second-order valence-corrected chi connectivity index (χ2v) is 6.91. The van der Waals surface area contributed by atoms with Gasteiger partial charge in [0.15, 0.2) is 0 Å². The molecule has 3 aromatic rings. The second-order valence-electron chi connectivity index (χ2n) is 6.91. The summed E-state index contributed by atoms with van der Waals surface area (Å²) in [7, 11) is 0. The smallest absolute Gasteiger partial charge is 0.387 e. The molecular weight excluding hydrogens is 377 g/mol. The van der Waals surface area contributed by atoms with E-state index in [-0.39, 0.29) is 11.3 Å². The first kappa shape index (κ1) is 21.0. The zero-order valence-corrected chi connectivity index (χ0v) is 16.7. The summed E-state index contributed by atoms with van der Waals surface area (Å²) in [5.74, 6) is -0.219. The van der Waals surface area contributed by atoms with E-state index in [1.165, 1.54) is 6.07 Å². The van der Waals surface area contributed by atoms with Crippen LogP contribution in [-0.4, -0.2) is 13.2 Å². The first-order valence-electron chi connectivity index (χ1n) is 9.96. The third-order valence-electron chi connectivity index (χ3n) is 4.85. The van der Waals surface area contributed by atoms with Gasteiger partial charge in [0.2, 0.25) is 0 Å². The van der Waals surface area contributed by atoms with Crippen LogP contribution in [0.1, 0.15) is 38.7 Å². The summed E-state index contributed by atoms with van der Waals surface area (Å²) in [6.45, 7) is 1.39. The van der Waals surface area contributed by atoms with Crippen LogP contribution in [-0.2, 0) is 6.42 Å². The van der Waals surface area contributed by atoms with Gasteiger partial charge in [-0.1, -0.05) is 44.0 Å². The lowest BCUT2D eigenvalue weighted by molar-refractivity contribution is -0.0494. The summed E-state index contributed by atoms with van der Waals surface area (Å²) in [5.41, 5.74) is 1.69. The van der Waals surface area contributed by atoms with Gasteiger partial charge in [-0.2, -0.15) is 8.78 Å². The molecule has 0 spiro atoms. The fraction of sp³-hybridized carbons (Fsp3) is 0.333. The summed E-state index contributed by atoms with van der Waals surface area (Å²) in [5, 5.41) is 0.779. The number of aryl methyl sites for hydroxylation is 1. The van der Waals surface area contributed by atoms with Gasteiger partial charge in [-0.25, -0.2) is 4.39 Å². The Morgan fingerprint density at radius 3 is 2.34 bits per heavy atom. The molecule has 0 aliphatic heterocycles. The number of rotatable bonds is 9. The van der Waals surface area contributed by atoms with Gasteiger partial charge in [0.05, 0.1) is 12.2 Å². The summed E-state index contributed by atoms with van der Waals surface area (Å²) in [4.78, 5) is 0. The lowest BCUT2D eigenvalue weighted by Gasteiger charge is -2.15. The Morgan fingerprint density at radius 1 is 0.931 bits per heavy atom. The van der Waals surface area contributed by atoms with Crippen LogP contribution in [0, 0.1) is 5.82 Å². The number of ether oxygens (including phenoxy) is 2. The van der Waals surface area contributed by atoms with Crippen LogP contribution in [0.4, 0.5) is 13.2 Å². The topological polar surface area (TPSA) is 18.5 Å². The van der Waals surface area contributed by atoms with Crippen LogP contribution in [0.15, 0.2) is 48.5 Å². The fourth-order valence-electron chi connectivity index (χ4n) is 3.45. The van der Waals surface area contributed by atoms with Crippen molar-refractivity contribution in [2.24, 2.45) is 0 Å². The highest BCUT2D eigenvalue weighted by Gasteiger charge is 2.19. The molecule has 0 saturated carbocycles. The zero-order valence-electron chi connectivity index (χ0n) is 16.7. The number of unbranched alkanes of at least 4 members (excludes halogenated alkanes) is 2. The molecule has 0 radical (unpaired) electrons. The maximum atomic E-state index is 15.4. The summed E-state index contributed by atoms with van der Waals surface area (Å²) in [6.07, 6.45) is 4.31. The maximum absolute atomic E-state index is 15.4. The van der Waals surface area contributed by atoms with Gasteiger partial charge in [0, 0.05) is 5.39 Å². The Bertz CT molecular complexity index is 952. The minimum absolute atomic E-state index is 0.0436. The van der Waals surface area contributed by atoms with Gasteiger partial charge in [0.1, 0.15) is 17.3 Å². The van der Waals surface area contributed by atoms with E-state index in [1.54, 1.807) is 30.3 Å². The van der Waals surface area contributed by atoms with Gasteiger partial charge < -0.3 is 9.47 Å². The van der Waals surface area contributed by atoms with Crippen LogP contribution in [0.3, 0.4) is 0 Å². The van der Waals surface area contributed by atoms with Crippen LogP contribution in [0.25, 0.3) is 21.9 Å². The van der Waals surface area contributed by atoms with E-state index >= 15 is 4.39 Å². The standard InChI is InChI=1S/C24H25F3O2/c1-3-5-6-7-16-8-10-17(11-9-16)22-21(29-24(26)27)15-18-14-19(28-4-2)12-13-20(18)23(22)25/h8-15,24H,3-7H2,1-2H3. The van der Waals surface area contributed by atoms with Gasteiger partial charge >= 0.3 is 6.61 Å². The van der Waals surface area contributed by atoms with Crippen molar-refractivity contribution in [1.82, 2.24) is 0 Å². The highest BCUT2D eigenvalue weighted by molar-refractivity contribution is 5.92. The number of benzene rings is 3. The van der Waals surface area contributed by atoms with Crippen molar-refractivity contribution in [2.75, 3.05) is 6.61 Å². The molecule has 0 N–H and O–H groups in total. The summed E-state index contributed by atoms with van der Waals surface area (Å²) >= 11 is 0. The van der Waals surface area contributed by atoms with Gasteiger partial charge in [-0.3, -0.25) is 0 Å². The number of halogens is 3. The Morgan fingerprint density at radius 2 is 1.69 bits per heavy atom. The Balaban J connectivity index is 2.05. The van der Waals surface area contributed by atoms with Crippen molar-refractivity contribution in [3.05, 3.63) is 59.9 Å². The Hall–Kier alpha value is -2.69. The van der Waals surface area contributed by atoms with Gasteiger partial charge in [-0.15, -0.1) is 0 Å². The lowest BCUT2D eigenvalue weighted by Crippen LogP contribution is -2.05. The van der Waals surface area contributed by atoms with Crippen molar-refractivity contribution in [3.63, 3.8) is 0 Å².